The van der Waals surface area contributed by atoms with Gasteiger partial charge in [-0.1, -0.05) is 191 Å². The molecule has 5 heteroatoms. The second-order valence-electron chi connectivity index (χ2n) is 17.6. The normalized spacial score (nSPS) is 12.6. The maximum Gasteiger partial charge on any atom is 0.238 e. The van der Waals surface area contributed by atoms with E-state index in [1.54, 1.807) is 0 Å². The van der Waals surface area contributed by atoms with E-state index in [2.05, 4.69) is 170 Å². The number of aromatic nitrogens is 4. The quantitative estimate of drug-likeness (QED) is 0.167. The van der Waals surface area contributed by atoms with E-state index in [0.29, 0.717) is 17.6 Å². The summed E-state index contributed by atoms with van der Waals surface area (Å²) < 4.78 is 8.56. The summed E-state index contributed by atoms with van der Waals surface area (Å²) in [5.41, 5.74) is 17.8. The zero-order valence-electron chi connectivity index (χ0n) is 37.8. The summed E-state index contributed by atoms with van der Waals surface area (Å²) in [5, 5.41) is 4.39. The molecular weight excluding hydrogens is 817 g/mol. The molecule has 0 saturated carbocycles. The number of benzene rings is 9. The molecule has 0 amide bonds. The van der Waals surface area contributed by atoms with Crippen LogP contribution in [0, 0.1) is 0 Å². The van der Waals surface area contributed by atoms with Gasteiger partial charge in [0.25, 0.3) is 0 Å². The van der Waals surface area contributed by atoms with Gasteiger partial charge in [0.05, 0.1) is 11.0 Å². The van der Waals surface area contributed by atoms with Gasteiger partial charge in [-0.3, -0.25) is 4.57 Å². The summed E-state index contributed by atoms with van der Waals surface area (Å²) in [7, 11) is 0. The molecule has 3 heterocycles. The molecule has 9 aromatic carbocycles. The summed E-state index contributed by atoms with van der Waals surface area (Å²) in [4.78, 5) is 15.7. The average molecular weight is 863 g/mol. The zero-order valence-corrected chi connectivity index (χ0v) is 37.8. The van der Waals surface area contributed by atoms with Crippen LogP contribution in [0.2, 0.25) is 0 Å². The zero-order chi connectivity index (χ0) is 45.2. The monoisotopic (exact) mass is 862 g/mol. The Morgan fingerprint density at radius 3 is 1.73 bits per heavy atom. The summed E-state index contributed by atoms with van der Waals surface area (Å²) >= 11 is 0. The highest BCUT2D eigenvalue weighted by molar-refractivity contribution is 6.14. The molecular formula is C62H46N4O. The van der Waals surface area contributed by atoms with Gasteiger partial charge in [-0.25, -0.2) is 4.98 Å². The number of para-hydroxylation sites is 3. The lowest BCUT2D eigenvalue weighted by Gasteiger charge is -2.21. The Balaban J connectivity index is 0.00000231. The number of fused-ring (bicyclic) bond motifs is 9. The molecule has 1 aliphatic rings. The molecule has 0 saturated heterocycles. The first-order chi connectivity index (χ1) is 33.0. The van der Waals surface area contributed by atoms with E-state index in [9.17, 15) is 0 Å². The molecule has 0 N–H and O–H groups in total. The third kappa shape index (κ3) is 6.57. The molecule has 0 unspecified atom stereocenters. The van der Waals surface area contributed by atoms with E-state index >= 15 is 0 Å². The first-order valence-corrected chi connectivity index (χ1v) is 23.2. The average Bonchev–Trinajstić information content (AvgIpc) is 4.02. The lowest BCUT2D eigenvalue weighted by atomic mass is 9.82. The van der Waals surface area contributed by atoms with Crippen molar-refractivity contribution < 1.29 is 4.42 Å². The summed E-state index contributed by atoms with van der Waals surface area (Å²) in [6.45, 7) is 8.66. The van der Waals surface area contributed by atoms with Crippen molar-refractivity contribution in [3.8, 4) is 73.2 Å². The second-order valence-corrected chi connectivity index (χ2v) is 17.6. The van der Waals surface area contributed by atoms with Crippen molar-refractivity contribution in [2.24, 2.45) is 0 Å². The van der Waals surface area contributed by atoms with E-state index < -0.39 is 0 Å². The van der Waals surface area contributed by atoms with Crippen LogP contribution in [0.5, 0.6) is 0 Å². The van der Waals surface area contributed by atoms with Crippen LogP contribution in [0.4, 0.5) is 0 Å². The summed E-state index contributed by atoms with van der Waals surface area (Å²) in [6, 6.07) is 73.3. The van der Waals surface area contributed by atoms with Gasteiger partial charge in [0.15, 0.2) is 11.6 Å². The molecule has 1 aliphatic carbocycles. The fourth-order valence-electron chi connectivity index (χ4n) is 10.3. The van der Waals surface area contributed by atoms with Crippen molar-refractivity contribution in [2.45, 2.75) is 33.1 Å². The number of hydrogen-bond acceptors (Lipinski definition) is 4. The van der Waals surface area contributed by atoms with Crippen LogP contribution < -0.4 is 0 Å². The topological polar surface area (TPSA) is 56.7 Å². The minimum absolute atomic E-state index is 0.0254. The van der Waals surface area contributed by atoms with E-state index in [4.69, 9.17) is 19.4 Å². The van der Waals surface area contributed by atoms with Gasteiger partial charge in [-0.05, 0) is 92.5 Å². The van der Waals surface area contributed by atoms with E-state index in [0.717, 1.165) is 77.1 Å². The highest BCUT2D eigenvalue weighted by Crippen LogP contribution is 2.50. The van der Waals surface area contributed by atoms with Crippen LogP contribution in [0.3, 0.4) is 0 Å². The number of nitrogens with zero attached hydrogens (tertiary/aromatic N) is 4. The Bertz CT molecular complexity index is 3880. The van der Waals surface area contributed by atoms with Crippen LogP contribution in [0.25, 0.3) is 117 Å². The fourth-order valence-corrected chi connectivity index (χ4v) is 10.3. The van der Waals surface area contributed by atoms with E-state index in [-0.39, 0.29) is 5.41 Å². The molecule has 13 rings (SSSR count). The highest BCUT2D eigenvalue weighted by Gasteiger charge is 2.35. The third-order valence-electron chi connectivity index (χ3n) is 13.5. The summed E-state index contributed by atoms with van der Waals surface area (Å²) in [6.07, 6.45) is 0. The SMILES string of the molecule is CC.CC1(C)c2ccccc2-c2cc(-c3cccc(-c4cccc(-c5cccc6c7ccccc7n(-c7nc(-c8ccccc8)nc(-c8ccc9c(c8)oc8ccccc89)n7)c56)c4)c3)ccc21. The summed E-state index contributed by atoms with van der Waals surface area (Å²) in [5.74, 6) is 1.70. The Labute approximate surface area is 389 Å². The van der Waals surface area contributed by atoms with E-state index in [1.807, 2.05) is 68.4 Å². The molecule has 5 nitrogen and oxygen atoms in total. The van der Waals surface area contributed by atoms with Gasteiger partial charge in [0, 0.05) is 43.7 Å². The van der Waals surface area contributed by atoms with Gasteiger partial charge in [0.1, 0.15) is 11.2 Å². The molecule has 0 aliphatic heterocycles. The predicted octanol–water partition coefficient (Wildman–Crippen LogP) is 16.5. The number of hydrogen-bond donors (Lipinski definition) is 0. The highest BCUT2D eigenvalue weighted by atomic mass is 16.3. The van der Waals surface area contributed by atoms with Crippen molar-refractivity contribution in [1.29, 1.82) is 0 Å². The van der Waals surface area contributed by atoms with Gasteiger partial charge in [-0.2, -0.15) is 9.97 Å². The Morgan fingerprint density at radius 2 is 0.925 bits per heavy atom. The molecule has 3 aromatic heterocycles. The lowest BCUT2D eigenvalue weighted by molar-refractivity contribution is 0.660. The van der Waals surface area contributed by atoms with Gasteiger partial charge < -0.3 is 4.42 Å². The Hall–Kier alpha value is -8.41. The van der Waals surface area contributed by atoms with E-state index in [1.165, 1.54) is 33.4 Å². The van der Waals surface area contributed by atoms with Crippen LogP contribution in [-0.4, -0.2) is 19.5 Å². The maximum atomic E-state index is 6.34. The van der Waals surface area contributed by atoms with Crippen LogP contribution in [-0.2, 0) is 5.41 Å². The van der Waals surface area contributed by atoms with Gasteiger partial charge >= 0.3 is 0 Å². The smallest absolute Gasteiger partial charge is 0.238 e. The van der Waals surface area contributed by atoms with Crippen molar-refractivity contribution in [1.82, 2.24) is 19.5 Å². The molecule has 0 bridgehead atoms. The molecule has 320 valence electrons. The second kappa shape index (κ2) is 15.9. The van der Waals surface area contributed by atoms with Crippen molar-refractivity contribution in [3.05, 3.63) is 217 Å². The molecule has 0 radical (unpaired) electrons. The molecule has 0 spiro atoms. The minimum atomic E-state index is -0.0254. The van der Waals surface area contributed by atoms with Crippen LogP contribution in [0.15, 0.2) is 211 Å². The first kappa shape index (κ1) is 40.1. The van der Waals surface area contributed by atoms with Crippen molar-refractivity contribution in [3.63, 3.8) is 0 Å². The largest absolute Gasteiger partial charge is 0.456 e. The number of rotatable bonds is 6. The third-order valence-corrected chi connectivity index (χ3v) is 13.5. The maximum absolute atomic E-state index is 6.34. The van der Waals surface area contributed by atoms with Gasteiger partial charge in [0.2, 0.25) is 5.95 Å². The fraction of sp³-hybridized carbons (Fsp3) is 0.0806. The predicted molar refractivity (Wildman–Crippen MR) is 278 cm³/mol. The molecule has 12 aromatic rings. The van der Waals surface area contributed by atoms with Crippen molar-refractivity contribution in [2.75, 3.05) is 0 Å². The number of furan rings is 1. The molecule has 0 atom stereocenters. The molecule has 0 fully saturated rings. The Morgan fingerprint density at radius 1 is 0.373 bits per heavy atom. The first-order valence-electron chi connectivity index (χ1n) is 23.2. The Kier molecular flexibility index (Phi) is 9.54. The standard InChI is InChI=1S/C60H40N4O.C2H6/c1-60(2)51-26-9-6-21-45(51)50-35-41(30-32-52(50)60)39-18-12-17-38(33-39)40-19-13-20-42(34-40)44-24-14-25-49-46-22-7-10-27-53(46)64(56(44)49)59-62-57(37-15-4-3-5-16-37)61-58(63-59)43-29-31-48-47-23-8-11-28-54(47)65-55(48)36-43;1-2/h3-36H,1-2H3;1-2H3. The molecule has 67 heavy (non-hydrogen) atoms. The van der Waals surface area contributed by atoms with Crippen LogP contribution >= 0.6 is 0 Å². The van der Waals surface area contributed by atoms with Crippen molar-refractivity contribution >= 4 is 43.7 Å². The van der Waals surface area contributed by atoms with Gasteiger partial charge in [-0.15, -0.1) is 0 Å². The minimum Gasteiger partial charge on any atom is -0.456 e. The lowest BCUT2D eigenvalue weighted by Crippen LogP contribution is -2.14. The van der Waals surface area contributed by atoms with Crippen LogP contribution in [0.1, 0.15) is 38.8 Å².